The molecule has 0 saturated carbocycles. The number of benzene rings is 2. The van der Waals surface area contributed by atoms with E-state index in [4.69, 9.17) is 10.7 Å². The van der Waals surface area contributed by atoms with E-state index in [0.29, 0.717) is 6.04 Å². The van der Waals surface area contributed by atoms with Gasteiger partial charge in [0.15, 0.2) is 0 Å². The first-order valence-electron chi connectivity index (χ1n) is 11.2. The van der Waals surface area contributed by atoms with Crippen molar-refractivity contribution >= 4 is 22.7 Å². The maximum Gasteiger partial charge on any atom is 0.221 e. The number of hydrogen-bond acceptors (Lipinski definition) is 6. The third-order valence-electron chi connectivity index (χ3n) is 6.18. The molecule has 0 radical (unpaired) electrons. The van der Waals surface area contributed by atoms with Crippen molar-refractivity contribution in [1.82, 2.24) is 19.9 Å². The first-order chi connectivity index (χ1) is 15.6. The van der Waals surface area contributed by atoms with E-state index < -0.39 is 0 Å². The summed E-state index contributed by atoms with van der Waals surface area (Å²) in [4.78, 5) is 18.8. The monoisotopic (exact) mass is 424 g/mol. The quantitative estimate of drug-likeness (QED) is 0.521. The van der Waals surface area contributed by atoms with Crippen molar-refractivity contribution in [3.63, 3.8) is 0 Å². The number of aromatic nitrogens is 3. The minimum absolute atomic E-state index is 0.257. The van der Waals surface area contributed by atoms with Gasteiger partial charge in [0.2, 0.25) is 5.95 Å². The summed E-state index contributed by atoms with van der Waals surface area (Å²) in [5, 5.41) is 0. The van der Waals surface area contributed by atoms with Gasteiger partial charge in [0.1, 0.15) is 11.2 Å². The van der Waals surface area contributed by atoms with Gasteiger partial charge < -0.3 is 10.6 Å². The van der Waals surface area contributed by atoms with Crippen LogP contribution in [0.3, 0.4) is 0 Å². The Labute approximate surface area is 188 Å². The van der Waals surface area contributed by atoms with Gasteiger partial charge in [-0.15, -0.1) is 0 Å². The third kappa shape index (κ3) is 4.01. The molecule has 0 spiro atoms. The first-order valence-corrected chi connectivity index (χ1v) is 11.2. The second-order valence-corrected chi connectivity index (χ2v) is 8.52. The van der Waals surface area contributed by atoms with Gasteiger partial charge in [-0.25, -0.2) is 15.0 Å². The van der Waals surface area contributed by atoms with Crippen LogP contribution in [0, 0.1) is 0 Å². The Morgan fingerprint density at radius 1 is 0.750 bits per heavy atom. The van der Waals surface area contributed by atoms with Crippen LogP contribution in [0.25, 0.3) is 33.5 Å². The highest BCUT2D eigenvalue weighted by Crippen LogP contribution is 2.29. The molecule has 3 heterocycles. The van der Waals surface area contributed by atoms with Gasteiger partial charge in [0, 0.05) is 49.0 Å². The van der Waals surface area contributed by atoms with E-state index in [9.17, 15) is 0 Å². The number of fused-ring (bicyclic) bond motifs is 1. The highest BCUT2D eigenvalue weighted by Gasteiger charge is 2.19. The average Bonchev–Trinajstić information content (AvgIpc) is 2.84. The number of nitrogens with zero attached hydrogens (tertiary/aromatic N) is 5. The fourth-order valence-electron chi connectivity index (χ4n) is 4.33. The number of nitrogens with two attached hydrogens (primary N) is 1. The molecule has 0 aliphatic carbocycles. The number of rotatable bonds is 4. The molecule has 2 N–H and O–H groups in total. The summed E-state index contributed by atoms with van der Waals surface area (Å²) < 4.78 is 0. The lowest BCUT2D eigenvalue weighted by molar-refractivity contribution is 0.209. The zero-order chi connectivity index (χ0) is 22.1. The van der Waals surface area contributed by atoms with Crippen LogP contribution in [-0.2, 0) is 0 Å². The number of hydrogen-bond donors (Lipinski definition) is 1. The van der Waals surface area contributed by atoms with Gasteiger partial charge in [0.05, 0.1) is 11.2 Å². The predicted molar refractivity (Wildman–Crippen MR) is 132 cm³/mol. The number of piperazine rings is 1. The number of pyridine rings is 1. The highest BCUT2D eigenvalue weighted by atomic mass is 15.3. The third-order valence-corrected chi connectivity index (χ3v) is 6.18. The average molecular weight is 425 g/mol. The minimum atomic E-state index is 0.257. The van der Waals surface area contributed by atoms with Gasteiger partial charge >= 0.3 is 0 Å². The normalized spacial score (nSPS) is 14.9. The highest BCUT2D eigenvalue weighted by molar-refractivity contribution is 5.91. The lowest BCUT2D eigenvalue weighted by Gasteiger charge is -2.38. The van der Waals surface area contributed by atoms with E-state index in [1.165, 1.54) is 5.69 Å². The molecule has 6 heteroatoms. The van der Waals surface area contributed by atoms with E-state index in [-0.39, 0.29) is 5.95 Å². The first kappa shape index (κ1) is 20.4. The molecular formula is C26H28N6. The molecule has 0 unspecified atom stereocenters. The summed E-state index contributed by atoms with van der Waals surface area (Å²) in [5.74, 6) is 0.257. The van der Waals surface area contributed by atoms with Crippen LogP contribution in [-0.4, -0.2) is 52.1 Å². The van der Waals surface area contributed by atoms with Crippen LogP contribution < -0.4 is 10.6 Å². The second kappa shape index (κ2) is 8.55. The Balaban J connectivity index is 1.44. The zero-order valence-electron chi connectivity index (χ0n) is 18.6. The maximum absolute atomic E-state index is 5.97. The summed E-state index contributed by atoms with van der Waals surface area (Å²) in [7, 11) is 0. The Hall–Kier alpha value is -3.51. The van der Waals surface area contributed by atoms with Crippen molar-refractivity contribution < 1.29 is 0 Å². The molecule has 0 bridgehead atoms. The Morgan fingerprint density at radius 2 is 1.47 bits per heavy atom. The van der Waals surface area contributed by atoms with Crippen molar-refractivity contribution in [1.29, 1.82) is 0 Å². The second-order valence-electron chi connectivity index (χ2n) is 8.52. The Bertz CT molecular complexity index is 1210. The molecule has 1 aliphatic rings. The standard InChI is InChI=1S/C26H28N6/c1-18(2)31-14-16-32(17-15-31)21-10-8-19(9-11-21)22-12-13-23-25(28-22)24(30-26(27)29-23)20-6-4-3-5-7-20/h3-13,18H,14-17H2,1-2H3,(H2,27,29,30). The molecule has 6 nitrogen and oxygen atoms in total. The SMILES string of the molecule is CC(C)N1CCN(c2ccc(-c3ccc4nc(N)nc(-c5ccccc5)c4n3)cc2)CC1. The Morgan fingerprint density at radius 3 is 2.16 bits per heavy atom. The molecule has 1 fully saturated rings. The molecule has 2 aromatic carbocycles. The van der Waals surface area contributed by atoms with Crippen molar-refractivity contribution in [2.24, 2.45) is 0 Å². The van der Waals surface area contributed by atoms with E-state index >= 15 is 0 Å². The molecule has 1 saturated heterocycles. The summed E-state index contributed by atoms with van der Waals surface area (Å²) in [5.41, 5.74) is 12.5. The molecule has 32 heavy (non-hydrogen) atoms. The molecule has 0 amide bonds. The molecule has 5 rings (SSSR count). The fraction of sp³-hybridized carbons (Fsp3) is 0.269. The summed E-state index contributed by atoms with van der Waals surface area (Å²) >= 11 is 0. The molecule has 162 valence electrons. The lowest BCUT2D eigenvalue weighted by atomic mass is 10.1. The van der Waals surface area contributed by atoms with Gasteiger partial charge in [0.25, 0.3) is 0 Å². The Kier molecular flexibility index (Phi) is 5.45. The molecule has 2 aromatic heterocycles. The number of anilines is 2. The summed E-state index contributed by atoms with van der Waals surface area (Å²) in [6.45, 7) is 8.87. The molecular weight excluding hydrogens is 396 g/mol. The van der Waals surface area contributed by atoms with E-state index in [2.05, 4.69) is 57.9 Å². The van der Waals surface area contributed by atoms with Crippen molar-refractivity contribution in [3.05, 3.63) is 66.7 Å². The van der Waals surface area contributed by atoms with Gasteiger partial charge in [-0.3, -0.25) is 4.90 Å². The number of nitrogen functional groups attached to an aromatic ring is 1. The van der Waals surface area contributed by atoms with Crippen molar-refractivity contribution in [2.45, 2.75) is 19.9 Å². The summed E-state index contributed by atoms with van der Waals surface area (Å²) in [6, 6.07) is 23.3. The maximum atomic E-state index is 5.97. The van der Waals surface area contributed by atoms with Crippen LogP contribution in [0.2, 0.25) is 0 Å². The minimum Gasteiger partial charge on any atom is -0.369 e. The van der Waals surface area contributed by atoms with Crippen molar-refractivity contribution in [3.8, 4) is 22.5 Å². The molecule has 0 atom stereocenters. The van der Waals surface area contributed by atoms with Crippen LogP contribution in [0.1, 0.15) is 13.8 Å². The zero-order valence-corrected chi connectivity index (χ0v) is 18.6. The van der Waals surface area contributed by atoms with E-state index in [1.54, 1.807) is 0 Å². The summed E-state index contributed by atoms with van der Waals surface area (Å²) in [6.07, 6.45) is 0. The van der Waals surface area contributed by atoms with Crippen LogP contribution in [0.4, 0.5) is 11.6 Å². The van der Waals surface area contributed by atoms with Gasteiger partial charge in [-0.2, -0.15) is 0 Å². The fourth-order valence-corrected chi connectivity index (χ4v) is 4.33. The van der Waals surface area contributed by atoms with Crippen molar-refractivity contribution in [2.75, 3.05) is 36.8 Å². The van der Waals surface area contributed by atoms with Crippen LogP contribution >= 0.6 is 0 Å². The molecule has 1 aliphatic heterocycles. The van der Waals surface area contributed by atoms with Gasteiger partial charge in [-0.05, 0) is 38.1 Å². The lowest BCUT2D eigenvalue weighted by Crippen LogP contribution is -2.48. The molecule has 4 aromatic rings. The van der Waals surface area contributed by atoms with E-state index in [1.807, 2.05) is 42.5 Å². The van der Waals surface area contributed by atoms with E-state index in [0.717, 1.165) is 59.7 Å². The van der Waals surface area contributed by atoms with Gasteiger partial charge in [-0.1, -0.05) is 42.5 Å². The predicted octanol–water partition coefficient (Wildman–Crippen LogP) is 4.47. The van der Waals surface area contributed by atoms with Crippen LogP contribution in [0.15, 0.2) is 66.7 Å². The smallest absolute Gasteiger partial charge is 0.221 e. The largest absolute Gasteiger partial charge is 0.369 e. The topological polar surface area (TPSA) is 71.2 Å². The van der Waals surface area contributed by atoms with Crippen LogP contribution in [0.5, 0.6) is 0 Å².